The summed E-state index contributed by atoms with van der Waals surface area (Å²) in [6.07, 6.45) is 3.61. The first-order valence-corrected chi connectivity index (χ1v) is 9.89. The van der Waals surface area contributed by atoms with Gasteiger partial charge in [0.1, 0.15) is 6.10 Å². The minimum atomic E-state index is -1.87. The minimum Gasteiger partial charge on any atom is -0.546 e. The van der Waals surface area contributed by atoms with E-state index in [9.17, 15) is 4.79 Å². The Balaban J connectivity index is 2.80. The summed E-state index contributed by atoms with van der Waals surface area (Å²) in [6, 6.07) is 0. The average Bonchev–Trinajstić information content (AvgIpc) is 2.70. The van der Waals surface area contributed by atoms with Crippen LogP contribution in [0.15, 0.2) is 11.8 Å². The highest BCUT2D eigenvalue weighted by Crippen LogP contribution is 2.44. The highest BCUT2D eigenvalue weighted by Gasteiger charge is 2.47. The van der Waals surface area contributed by atoms with Crippen LogP contribution in [-0.2, 0) is 14.0 Å². The fraction of sp³-hybridized carbons (Fsp3) is 0.812. The summed E-state index contributed by atoms with van der Waals surface area (Å²) >= 11 is 0. The number of hydrogen-bond acceptors (Lipinski definition) is 3. The van der Waals surface area contributed by atoms with Gasteiger partial charge in [0.05, 0.1) is 5.76 Å². The topological polar surface area (TPSA) is 35.5 Å². The van der Waals surface area contributed by atoms with Crippen LogP contribution in [0.4, 0.5) is 0 Å². The van der Waals surface area contributed by atoms with Crippen LogP contribution in [0.3, 0.4) is 0 Å². The van der Waals surface area contributed by atoms with E-state index in [1.165, 1.54) is 6.92 Å². The lowest BCUT2D eigenvalue weighted by atomic mass is 10.3. The SMILES string of the molecule is CC(=O)O[C@H]1CC=C(O[Si](C(C)C)(C(C)C)C(C)C)C1. The van der Waals surface area contributed by atoms with Gasteiger partial charge in [-0.05, 0) is 22.7 Å². The fourth-order valence-corrected chi connectivity index (χ4v) is 8.97. The number of ether oxygens (including phenoxy) is 1. The summed E-state index contributed by atoms with van der Waals surface area (Å²) in [5.41, 5.74) is 1.70. The van der Waals surface area contributed by atoms with Gasteiger partial charge in [-0.1, -0.05) is 41.5 Å². The fourth-order valence-electron chi connectivity index (χ4n) is 3.64. The van der Waals surface area contributed by atoms with E-state index in [-0.39, 0.29) is 12.1 Å². The van der Waals surface area contributed by atoms with Crippen LogP contribution in [-0.4, -0.2) is 20.4 Å². The van der Waals surface area contributed by atoms with Crippen LogP contribution >= 0.6 is 0 Å². The predicted molar refractivity (Wildman–Crippen MR) is 85.0 cm³/mol. The molecule has 4 heteroatoms. The van der Waals surface area contributed by atoms with Gasteiger partial charge in [0.15, 0.2) is 0 Å². The molecule has 3 nitrogen and oxygen atoms in total. The van der Waals surface area contributed by atoms with Gasteiger partial charge in [0, 0.05) is 19.8 Å². The molecule has 0 saturated carbocycles. The molecule has 0 bridgehead atoms. The summed E-state index contributed by atoms with van der Waals surface area (Å²) in [7, 11) is -1.87. The molecule has 1 aliphatic carbocycles. The highest BCUT2D eigenvalue weighted by atomic mass is 28.4. The Kier molecular flexibility index (Phi) is 5.87. The molecule has 20 heavy (non-hydrogen) atoms. The second-order valence-corrected chi connectivity index (χ2v) is 12.1. The number of esters is 1. The maximum atomic E-state index is 11.0. The molecule has 0 spiro atoms. The summed E-state index contributed by atoms with van der Waals surface area (Å²) in [6.45, 7) is 15.2. The van der Waals surface area contributed by atoms with Crippen LogP contribution in [0.25, 0.3) is 0 Å². The maximum absolute atomic E-state index is 11.0. The van der Waals surface area contributed by atoms with Gasteiger partial charge in [-0.3, -0.25) is 4.79 Å². The zero-order chi connectivity index (χ0) is 15.5. The van der Waals surface area contributed by atoms with Gasteiger partial charge in [0.2, 0.25) is 0 Å². The molecule has 0 unspecified atom stereocenters. The van der Waals surface area contributed by atoms with E-state index in [4.69, 9.17) is 9.16 Å². The molecule has 0 heterocycles. The first-order valence-electron chi connectivity index (χ1n) is 7.75. The van der Waals surface area contributed by atoms with Crippen LogP contribution < -0.4 is 0 Å². The van der Waals surface area contributed by atoms with Crippen molar-refractivity contribution in [2.24, 2.45) is 0 Å². The van der Waals surface area contributed by atoms with Gasteiger partial charge in [-0.15, -0.1) is 0 Å². The quantitative estimate of drug-likeness (QED) is 0.522. The third kappa shape index (κ3) is 3.66. The Morgan fingerprint density at radius 3 is 2.05 bits per heavy atom. The first-order chi connectivity index (χ1) is 9.20. The van der Waals surface area contributed by atoms with Crippen molar-refractivity contribution >= 4 is 14.3 Å². The zero-order valence-electron chi connectivity index (χ0n) is 14.0. The summed E-state index contributed by atoms with van der Waals surface area (Å²) in [5.74, 6) is 0.837. The van der Waals surface area contributed by atoms with Crippen LogP contribution in [0.2, 0.25) is 16.6 Å². The largest absolute Gasteiger partial charge is 0.546 e. The molecule has 0 amide bonds. The van der Waals surface area contributed by atoms with Crippen LogP contribution in [0.5, 0.6) is 0 Å². The van der Waals surface area contributed by atoms with Crippen molar-refractivity contribution in [2.75, 3.05) is 0 Å². The molecule has 0 fully saturated rings. The monoisotopic (exact) mass is 298 g/mol. The minimum absolute atomic E-state index is 0.0271. The van der Waals surface area contributed by atoms with Crippen molar-refractivity contribution in [3.63, 3.8) is 0 Å². The Morgan fingerprint density at radius 2 is 1.65 bits per heavy atom. The van der Waals surface area contributed by atoms with Crippen molar-refractivity contribution in [3.05, 3.63) is 11.8 Å². The van der Waals surface area contributed by atoms with Crippen molar-refractivity contribution in [2.45, 2.75) is 84.0 Å². The van der Waals surface area contributed by atoms with Gasteiger partial charge in [0.25, 0.3) is 8.32 Å². The Morgan fingerprint density at radius 1 is 1.15 bits per heavy atom. The van der Waals surface area contributed by atoms with E-state index in [0.717, 1.165) is 18.6 Å². The molecule has 116 valence electrons. The van der Waals surface area contributed by atoms with Gasteiger partial charge < -0.3 is 9.16 Å². The summed E-state index contributed by atoms with van der Waals surface area (Å²) in [4.78, 5) is 11.0. The molecule has 0 radical (unpaired) electrons. The average molecular weight is 298 g/mol. The van der Waals surface area contributed by atoms with E-state index in [1.54, 1.807) is 0 Å². The molecule has 1 rings (SSSR count). The third-order valence-corrected chi connectivity index (χ3v) is 10.4. The normalized spacial score (nSPS) is 19.7. The molecule has 0 aromatic rings. The Labute approximate surface area is 124 Å². The smallest absolute Gasteiger partial charge is 0.302 e. The maximum Gasteiger partial charge on any atom is 0.302 e. The van der Waals surface area contributed by atoms with E-state index < -0.39 is 8.32 Å². The van der Waals surface area contributed by atoms with E-state index in [1.807, 2.05) is 0 Å². The van der Waals surface area contributed by atoms with Crippen molar-refractivity contribution in [1.29, 1.82) is 0 Å². The van der Waals surface area contributed by atoms with E-state index >= 15 is 0 Å². The Hall–Kier alpha value is -0.773. The Bertz CT molecular complexity index is 350. The highest BCUT2D eigenvalue weighted by molar-refractivity contribution is 6.77. The second-order valence-electron chi connectivity index (χ2n) is 6.76. The molecule has 0 saturated heterocycles. The first kappa shape index (κ1) is 17.3. The predicted octanol–water partition coefficient (Wildman–Crippen LogP) is 4.79. The van der Waals surface area contributed by atoms with Crippen molar-refractivity contribution in [1.82, 2.24) is 0 Å². The lowest BCUT2D eigenvalue weighted by Crippen LogP contribution is -2.47. The van der Waals surface area contributed by atoms with Crippen molar-refractivity contribution < 1.29 is 14.0 Å². The molecular weight excluding hydrogens is 268 g/mol. The number of rotatable bonds is 6. The number of carbonyl (C=O) groups is 1. The molecular formula is C16H30O3Si. The zero-order valence-corrected chi connectivity index (χ0v) is 15.0. The number of hydrogen-bond donors (Lipinski definition) is 0. The summed E-state index contributed by atoms with van der Waals surface area (Å²) < 4.78 is 11.9. The van der Waals surface area contributed by atoms with Crippen LogP contribution in [0, 0.1) is 0 Å². The molecule has 0 aliphatic heterocycles. The van der Waals surface area contributed by atoms with Crippen LogP contribution in [0.1, 0.15) is 61.3 Å². The van der Waals surface area contributed by atoms with Gasteiger partial charge in [-0.2, -0.15) is 0 Å². The standard InChI is InChI=1S/C16H30O3Si/c1-11(2)20(12(3)4,13(5)6)19-16-9-8-15(10-16)18-14(7)17/h9,11-13,15H,8,10H2,1-7H3/t15-/m0/s1. The lowest BCUT2D eigenvalue weighted by molar-refractivity contribution is -0.145. The third-order valence-electron chi connectivity index (χ3n) is 4.38. The molecule has 0 aromatic heterocycles. The number of carbonyl (C=O) groups excluding carboxylic acids is 1. The molecule has 1 atom stereocenters. The lowest BCUT2D eigenvalue weighted by Gasteiger charge is -2.42. The second kappa shape index (κ2) is 6.79. The van der Waals surface area contributed by atoms with Crippen molar-refractivity contribution in [3.8, 4) is 0 Å². The van der Waals surface area contributed by atoms with E-state index in [2.05, 4.69) is 47.6 Å². The molecule has 0 aromatic carbocycles. The molecule has 1 aliphatic rings. The van der Waals surface area contributed by atoms with Gasteiger partial charge >= 0.3 is 5.97 Å². The summed E-state index contributed by atoms with van der Waals surface area (Å²) in [5, 5.41) is 0. The van der Waals surface area contributed by atoms with E-state index in [0.29, 0.717) is 16.6 Å². The molecule has 0 N–H and O–H groups in total. The van der Waals surface area contributed by atoms with Gasteiger partial charge in [-0.25, -0.2) is 0 Å².